The van der Waals surface area contributed by atoms with Crippen molar-refractivity contribution in [1.29, 1.82) is 0 Å². The fourth-order valence-electron chi connectivity index (χ4n) is 3.32. The molecule has 2 aromatic rings. The Hall–Kier alpha value is -1.91. The van der Waals surface area contributed by atoms with Crippen LogP contribution in [0.5, 0.6) is 5.75 Å². The highest BCUT2D eigenvalue weighted by molar-refractivity contribution is 5.22. The highest BCUT2D eigenvalue weighted by Crippen LogP contribution is 2.30. The van der Waals surface area contributed by atoms with Crippen molar-refractivity contribution in [3.63, 3.8) is 0 Å². The molecule has 0 aliphatic carbocycles. The summed E-state index contributed by atoms with van der Waals surface area (Å²) in [5.41, 5.74) is 1.20. The summed E-state index contributed by atoms with van der Waals surface area (Å²) in [6.45, 7) is 6.37. The number of rotatable bonds is 5. The maximum atomic E-state index is 13.2. The lowest BCUT2D eigenvalue weighted by atomic mass is 9.99. The number of halogens is 1. The molecule has 0 amide bonds. The van der Waals surface area contributed by atoms with E-state index in [2.05, 4.69) is 30.9 Å². The van der Waals surface area contributed by atoms with Crippen LogP contribution in [-0.2, 0) is 4.74 Å². The van der Waals surface area contributed by atoms with Crippen LogP contribution in [0.2, 0.25) is 0 Å². The third kappa shape index (κ3) is 3.94. The van der Waals surface area contributed by atoms with Crippen molar-refractivity contribution in [3.05, 3.63) is 66.0 Å². The maximum absolute atomic E-state index is 13.2. The lowest BCUT2D eigenvalue weighted by molar-refractivity contribution is -0.0981. The van der Waals surface area contributed by atoms with Crippen molar-refractivity contribution in [3.8, 4) is 5.75 Å². The summed E-state index contributed by atoms with van der Waals surface area (Å²) in [5.74, 6) is 0.299. The quantitative estimate of drug-likeness (QED) is 0.826. The molecule has 3 nitrogen and oxygen atoms in total. The van der Waals surface area contributed by atoms with Crippen molar-refractivity contribution in [2.24, 2.45) is 0 Å². The van der Waals surface area contributed by atoms with Gasteiger partial charge in [-0.1, -0.05) is 36.4 Å². The lowest BCUT2D eigenvalue weighted by Gasteiger charge is -2.43. The molecule has 3 unspecified atom stereocenters. The van der Waals surface area contributed by atoms with Gasteiger partial charge in [-0.2, -0.15) is 0 Å². The first-order valence-corrected chi connectivity index (χ1v) is 8.46. The van der Waals surface area contributed by atoms with Gasteiger partial charge in [0, 0.05) is 24.7 Å². The first kappa shape index (κ1) is 16.9. The van der Waals surface area contributed by atoms with Gasteiger partial charge >= 0.3 is 0 Å². The van der Waals surface area contributed by atoms with Gasteiger partial charge in [0.05, 0.1) is 12.7 Å². The van der Waals surface area contributed by atoms with E-state index in [0.717, 1.165) is 6.54 Å². The fraction of sp³-hybridized carbons (Fsp3) is 0.400. The Balaban J connectivity index is 1.61. The van der Waals surface area contributed by atoms with E-state index in [1.807, 2.05) is 18.2 Å². The highest BCUT2D eigenvalue weighted by Gasteiger charge is 2.33. The van der Waals surface area contributed by atoms with E-state index in [-0.39, 0.29) is 18.0 Å². The molecule has 0 N–H and O–H groups in total. The average molecular weight is 329 g/mol. The van der Waals surface area contributed by atoms with Gasteiger partial charge in [-0.15, -0.1) is 0 Å². The van der Waals surface area contributed by atoms with E-state index in [1.165, 1.54) is 17.7 Å². The molecule has 3 atom stereocenters. The number of ether oxygens (including phenoxy) is 2. The van der Waals surface area contributed by atoms with E-state index in [1.54, 1.807) is 12.1 Å². The van der Waals surface area contributed by atoms with Crippen molar-refractivity contribution in [2.75, 3.05) is 19.8 Å². The summed E-state index contributed by atoms with van der Waals surface area (Å²) in [6, 6.07) is 17.2. The Kier molecular flexibility index (Phi) is 5.48. The van der Waals surface area contributed by atoms with Crippen molar-refractivity contribution in [2.45, 2.75) is 32.0 Å². The zero-order valence-electron chi connectivity index (χ0n) is 14.2. The lowest BCUT2D eigenvalue weighted by Crippen LogP contribution is -2.52. The monoisotopic (exact) mass is 329 g/mol. The van der Waals surface area contributed by atoms with Crippen LogP contribution in [0.3, 0.4) is 0 Å². The minimum atomic E-state index is -0.273. The van der Waals surface area contributed by atoms with E-state index in [4.69, 9.17) is 9.47 Å². The first-order valence-electron chi connectivity index (χ1n) is 8.46. The Morgan fingerprint density at radius 3 is 2.67 bits per heavy atom. The van der Waals surface area contributed by atoms with Crippen molar-refractivity contribution in [1.82, 2.24) is 4.90 Å². The van der Waals surface area contributed by atoms with Crippen LogP contribution in [0.4, 0.5) is 4.39 Å². The van der Waals surface area contributed by atoms with Crippen LogP contribution in [0, 0.1) is 5.82 Å². The molecule has 24 heavy (non-hydrogen) atoms. The first-order chi connectivity index (χ1) is 11.6. The molecule has 1 fully saturated rings. The normalized spacial score (nSPS) is 24.7. The Morgan fingerprint density at radius 1 is 1.12 bits per heavy atom. The predicted octanol–water partition coefficient (Wildman–Crippen LogP) is 4.06. The van der Waals surface area contributed by atoms with Crippen LogP contribution in [-0.4, -0.2) is 36.7 Å². The average Bonchev–Trinajstić information content (AvgIpc) is 2.59. The molecule has 128 valence electrons. The van der Waals surface area contributed by atoms with Gasteiger partial charge in [0.25, 0.3) is 0 Å². The standard InChI is InChI=1S/C20H24FNO2/c1-15-14-24-20(17-7-4-3-5-8-17)16(2)22(15)11-12-23-19-10-6-9-18(21)13-19/h3-10,13,15-16,20H,11-12,14H2,1-2H3. The molecule has 0 bridgehead atoms. The smallest absolute Gasteiger partial charge is 0.126 e. The molecule has 1 aliphatic rings. The molecule has 0 radical (unpaired) electrons. The molecule has 3 rings (SSSR count). The summed E-state index contributed by atoms with van der Waals surface area (Å²) in [4.78, 5) is 2.40. The van der Waals surface area contributed by atoms with Gasteiger partial charge in [0.1, 0.15) is 18.2 Å². The van der Waals surface area contributed by atoms with Crippen LogP contribution in [0.15, 0.2) is 54.6 Å². The largest absolute Gasteiger partial charge is 0.492 e. The van der Waals surface area contributed by atoms with E-state index in [9.17, 15) is 4.39 Å². The van der Waals surface area contributed by atoms with Crippen LogP contribution in [0.1, 0.15) is 25.5 Å². The van der Waals surface area contributed by atoms with Gasteiger partial charge in [-0.3, -0.25) is 4.90 Å². The second-order valence-electron chi connectivity index (χ2n) is 6.30. The molecule has 2 aromatic carbocycles. The molecule has 0 spiro atoms. The molecular formula is C20H24FNO2. The molecule has 0 aromatic heterocycles. The highest BCUT2D eigenvalue weighted by atomic mass is 19.1. The van der Waals surface area contributed by atoms with Crippen LogP contribution < -0.4 is 4.74 Å². The number of hydrogen-bond donors (Lipinski definition) is 0. The summed E-state index contributed by atoms with van der Waals surface area (Å²) in [5, 5.41) is 0. The Bertz CT molecular complexity index is 649. The molecule has 1 heterocycles. The second kappa shape index (κ2) is 7.77. The third-order valence-electron chi connectivity index (χ3n) is 4.59. The molecule has 0 saturated carbocycles. The van der Waals surface area contributed by atoms with Crippen molar-refractivity contribution < 1.29 is 13.9 Å². The number of morpholine rings is 1. The summed E-state index contributed by atoms with van der Waals surface area (Å²) in [6.07, 6.45) is 0.0663. The van der Waals surface area contributed by atoms with Gasteiger partial charge < -0.3 is 9.47 Å². The summed E-state index contributed by atoms with van der Waals surface area (Å²) in [7, 11) is 0. The molecule has 4 heteroatoms. The Morgan fingerprint density at radius 2 is 1.92 bits per heavy atom. The zero-order valence-corrected chi connectivity index (χ0v) is 14.2. The summed E-state index contributed by atoms with van der Waals surface area (Å²) >= 11 is 0. The molecule has 1 aliphatic heterocycles. The van der Waals surface area contributed by atoms with E-state index in [0.29, 0.717) is 25.0 Å². The summed E-state index contributed by atoms with van der Waals surface area (Å²) < 4.78 is 25.0. The maximum Gasteiger partial charge on any atom is 0.126 e. The van der Waals surface area contributed by atoms with Gasteiger partial charge in [-0.05, 0) is 31.5 Å². The Labute approximate surface area is 143 Å². The predicted molar refractivity (Wildman–Crippen MR) is 92.7 cm³/mol. The second-order valence-corrected chi connectivity index (χ2v) is 6.30. The fourth-order valence-corrected chi connectivity index (χ4v) is 3.32. The van der Waals surface area contributed by atoms with Gasteiger partial charge in [0.2, 0.25) is 0 Å². The number of benzene rings is 2. The van der Waals surface area contributed by atoms with E-state index >= 15 is 0 Å². The SMILES string of the molecule is CC1COC(c2ccccc2)C(C)N1CCOc1cccc(F)c1. The van der Waals surface area contributed by atoms with Crippen LogP contribution >= 0.6 is 0 Å². The minimum Gasteiger partial charge on any atom is -0.492 e. The molecule has 1 saturated heterocycles. The minimum absolute atomic E-state index is 0.0663. The van der Waals surface area contributed by atoms with Crippen molar-refractivity contribution >= 4 is 0 Å². The van der Waals surface area contributed by atoms with Gasteiger partial charge in [-0.25, -0.2) is 4.39 Å². The van der Waals surface area contributed by atoms with E-state index < -0.39 is 0 Å². The number of nitrogens with zero attached hydrogens (tertiary/aromatic N) is 1. The van der Waals surface area contributed by atoms with Gasteiger partial charge in [0.15, 0.2) is 0 Å². The molecular weight excluding hydrogens is 305 g/mol. The topological polar surface area (TPSA) is 21.7 Å². The number of hydrogen-bond acceptors (Lipinski definition) is 3. The zero-order chi connectivity index (χ0) is 16.9. The third-order valence-corrected chi connectivity index (χ3v) is 4.59. The van der Waals surface area contributed by atoms with Crippen LogP contribution in [0.25, 0.3) is 0 Å².